The first kappa shape index (κ1) is 8.17. The molecule has 0 aromatic rings. The average molecular weight is 128 g/mol. The van der Waals surface area contributed by atoms with E-state index < -0.39 is 0 Å². The van der Waals surface area contributed by atoms with E-state index >= 15 is 0 Å². The molecule has 3 N–H and O–H groups in total. The fourth-order valence-electron chi connectivity index (χ4n) is 0.345. The molecule has 3 heteroatoms. The van der Waals surface area contributed by atoms with Gasteiger partial charge in [0.25, 0.3) is 0 Å². The lowest BCUT2D eigenvalue weighted by Crippen LogP contribution is -2.33. The number of rotatable bonds is 4. The van der Waals surface area contributed by atoms with Gasteiger partial charge in [-0.05, 0) is 6.92 Å². The van der Waals surface area contributed by atoms with Gasteiger partial charge in [0.1, 0.15) is 0 Å². The van der Waals surface area contributed by atoms with Crippen molar-refractivity contribution < 1.29 is 4.79 Å². The number of hydrogen-bond donors (Lipinski definition) is 2. The number of carbonyl (C=O) groups excluding carboxylic acids is 1. The largest absolute Gasteiger partial charge is 0.369 e. The van der Waals surface area contributed by atoms with Gasteiger partial charge in [-0.15, -0.1) is 6.58 Å². The zero-order valence-electron chi connectivity index (χ0n) is 5.55. The fraction of sp³-hybridized carbons (Fsp3) is 0.500. The van der Waals surface area contributed by atoms with Gasteiger partial charge < -0.3 is 11.1 Å². The van der Waals surface area contributed by atoms with Crippen LogP contribution in [0.15, 0.2) is 12.7 Å². The van der Waals surface area contributed by atoms with Crippen LogP contribution < -0.4 is 11.1 Å². The molecule has 0 aliphatic carbocycles. The first-order valence-corrected chi connectivity index (χ1v) is 2.81. The third kappa shape index (κ3) is 5.03. The minimum absolute atomic E-state index is 0.150. The Kier molecular flexibility index (Phi) is 3.71. The molecule has 0 rings (SSSR count). The molecule has 1 unspecified atom stereocenters. The lowest BCUT2D eigenvalue weighted by atomic mass is 10.3. The minimum atomic E-state index is -0.344. The summed E-state index contributed by atoms with van der Waals surface area (Å²) in [6.45, 7) is 5.64. The van der Waals surface area contributed by atoms with Crippen LogP contribution in [0, 0.1) is 0 Å². The van der Waals surface area contributed by atoms with E-state index in [9.17, 15) is 4.79 Å². The molecular weight excluding hydrogens is 116 g/mol. The summed E-state index contributed by atoms with van der Waals surface area (Å²) >= 11 is 0. The van der Waals surface area contributed by atoms with Crippen molar-refractivity contribution in [2.24, 2.45) is 5.73 Å². The lowest BCUT2D eigenvalue weighted by molar-refractivity contribution is -0.117. The number of hydrogen-bond acceptors (Lipinski definition) is 2. The zero-order chi connectivity index (χ0) is 7.28. The van der Waals surface area contributed by atoms with Crippen LogP contribution in [0.25, 0.3) is 0 Å². The maximum atomic E-state index is 10.1. The predicted molar refractivity (Wildman–Crippen MR) is 36.9 cm³/mol. The van der Waals surface area contributed by atoms with Crippen molar-refractivity contribution in [3.63, 3.8) is 0 Å². The Labute approximate surface area is 54.9 Å². The second-order valence-electron chi connectivity index (χ2n) is 1.87. The van der Waals surface area contributed by atoms with Crippen LogP contribution in [0.4, 0.5) is 0 Å². The van der Waals surface area contributed by atoms with Crippen molar-refractivity contribution >= 4 is 5.91 Å². The van der Waals surface area contributed by atoms with Crippen LogP contribution in [0.1, 0.15) is 6.92 Å². The van der Waals surface area contributed by atoms with Crippen molar-refractivity contribution in [2.45, 2.75) is 13.0 Å². The summed E-state index contributed by atoms with van der Waals surface area (Å²) in [7, 11) is 0. The maximum Gasteiger partial charge on any atom is 0.231 e. The predicted octanol–water partition coefficient (Wildman–Crippen LogP) is -0.364. The molecule has 0 saturated heterocycles. The molecule has 0 heterocycles. The topological polar surface area (TPSA) is 55.1 Å². The number of nitrogens with two attached hydrogens (primary N) is 1. The minimum Gasteiger partial charge on any atom is -0.369 e. The molecular formula is C6H12N2O. The van der Waals surface area contributed by atoms with Crippen molar-refractivity contribution in [3.8, 4) is 0 Å². The van der Waals surface area contributed by atoms with Crippen molar-refractivity contribution in [2.75, 3.05) is 6.54 Å². The second-order valence-corrected chi connectivity index (χ2v) is 1.87. The molecule has 0 spiro atoms. The molecule has 0 aliphatic rings. The van der Waals surface area contributed by atoms with Gasteiger partial charge in [0.05, 0.1) is 6.54 Å². The molecule has 1 amide bonds. The molecule has 52 valence electrons. The summed E-state index contributed by atoms with van der Waals surface area (Å²) in [5.74, 6) is -0.344. The van der Waals surface area contributed by atoms with Gasteiger partial charge in [0.2, 0.25) is 5.91 Å². The Hall–Kier alpha value is -0.830. The third-order valence-corrected chi connectivity index (χ3v) is 0.952. The van der Waals surface area contributed by atoms with E-state index in [0.29, 0.717) is 0 Å². The van der Waals surface area contributed by atoms with Gasteiger partial charge >= 0.3 is 0 Å². The molecule has 0 bridgehead atoms. The standard InChI is InChI=1S/C6H12N2O/c1-3-5(2)8-4-6(7)9/h3,5,8H,1,4H2,2H3,(H2,7,9). The summed E-state index contributed by atoms with van der Waals surface area (Å²) in [4.78, 5) is 10.1. The molecule has 0 aromatic carbocycles. The molecule has 0 aromatic heterocycles. The summed E-state index contributed by atoms with van der Waals surface area (Å²) in [5, 5.41) is 2.84. The van der Waals surface area contributed by atoms with Crippen molar-refractivity contribution in [3.05, 3.63) is 12.7 Å². The van der Waals surface area contributed by atoms with Crippen LogP contribution in [-0.4, -0.2) is 18.5 Å². The van der Waals surface area contributed by atoms with Crippen LogP contribution in [0.2, 0.25) is 0 Å². The van der Waals surface area contributed by atoms with Gasteiger partial charge in [0, 0.05) is 6.04 Å². The van der Waals surface area contributed by atoms with Crippen LogP contribution in [0.5, 0.6) is 0 Å². The monoisotopic (exact) mass is 128 g/mol. The Morgan fingerprint density at radius 3 is 2.89 bits per heavy atom. The van der Waals surface area contributed by atoms with Gasteiger partial charge in [0.15, 0.2) is 0 Å². The van der Waals surface area contributed by atoms with E-state index in [1.54, 1.807) is 6.08 Å². The van der Waals surface area contributed by atoms with E-state index in [1.165, 1.54) is 0 Å². The SMILES string of the molecule is C=CC(C)NCC(N)=O. The van der Waals surface area contributed by atoms with E-state index in [2.05, 4.69) is 11.9 Å². The van der Waals surface area contributed by atoms with Crippen LogP contribution >= 0.6 is 0 Å². The van der Waals surface area contributed by atoms with Gasteiger partial charge in [-0.2, -0.15) is 0 Å². The maximum absolute atomic E-state index is 10.1. The number of carbonyl (C=O) groups is 1. The van der Waals surface area contributed by atoms with Crippen LogP contribution in [0.3, 0.4) is 0 Å². The zero-order valence-corrected chi connectivity index (χ0v) is 5.55. The number of nitrogens with one attached hydrogen (secondary N) is 1. The number of primary amides is 1. The number of amides is 1. The third-order valence-electron chi connectivity index (χ3n) is 0.952. The first-order valence-electron chi connectivity index (χ1n) is 2.81. The first-order chi connectivity index (χ1) is 4.16. The van der Waals surface area contributed by atoms with Gasteiger partial charge in [-0.1, -0.05) is 6.08 Å². The fourth-order valence-corrected chi connectivity index (χ4v) is 0.345. The molecule has 3 nitrogen and oxygen atoms in total. The summed E-state index contributed by atoms with van der Waals surface area (Å²) in [6, 6.07) is 0.150. The smallest absolute Gasteiger partial charge is 0.231 e. The Morgan fingerprint density at radius 2 is 2.56 bits per heavy atom. The summed E-state index contributed by atoms with van der Waals surface area (Å²) < 4.78 is 0. The van der Waals surface area contributed by atoms with Crippen LogP contribution in [-0.2, 0) is 4.79 Å². The van der Waals surface area contributed by atoms with Crippen molar-refractivity contribution in [1.29, 1.82) is 0 Å². The molecule has 0 aliphatic heterocycles. The molecule has 1 atom stereocenters. The molecule has 0 fully saturated rings. The van der Waals surface area contributed by atoms with Crippen molar-refractivity contribution in [1.82, 2.24) is 5.32 Å². The Balaban J connectivity index is 3.26. The molecule has 9 heavy (non-hydrogen) atoms. The van der Waals surface area contributed by atoms with Gasteiger partial charge in [-0.3, -0.25) is 4.79 Å². The Morgan fingerprint density at radius 1 is 2.00 bits per heavy atom. The second kappa shape index (κ2) is 4.09. The highest BCUT2D eigenvalue weighted by Crippen LogP contribution is 1.77. The van der Waals surface area contributed by atoms with E-state index in [0.717, 1.165) is 0 Å². The summed E-state index contributed by atoms with van der Waals surface area (Å²) in [6.07, 6.45) is 1.71. The highest BCUT2D eigenvalue weighted by Gasteiger charge is 1.95. The highest BCUT2D eigenvalue weighted by molar-refractivity contribution is 5.75. The molecule has 0 saturated carbocycles. The average Bonchev–Trinajstić information content (AvgIpc) is 1.83. The lowest BCUT2D eigenvalue weighted by Gasteiger charge is -2.04. The quantitative estimate of drug-likeness (QED) is 0.508. The Bertz CT molecular complexity index is 112. The molecule has 0 radical (unpaired) electrons. The van der Waals surface area contributed by atoms with E-state index in [-0.39, 0.29) is 18.5 Å². The van der Waals surface area contributed by atoms with Gasteiger partial charge in [-0.25, -0.2) is 0 Å². The summed E-state index contributed by atoms with van der Waals surface area (Å²) in [5.41, 5.74) is 4.86. The van der Waals surface area contributed by atoms with E-state index in [4.69, 9.17) is 5.73 Å². The normalized spacial score (nSPS) is 12.6. The highest BCUT2D eigenvalue weighted by atomic mass is 16.1. The van der Waals surface area contributed by atoms with E-state index in [1.807, 2.05) is 6.92 Å².